The van der Waals surface area contributed by atoms with Crippen LogP contribution in [-0.2, 0) is 4.79 Å². The van der Waals surface area contributed by atoms with Gasteiger partial charge in [-0.25, -0.2) is 0 Å². The summed E-state index contributed by atoms with van der Waals surface area (Å²) in [5.41, 5.74) is 1.13. The molecule has 0 bridgehead atoms. The zero-order valence-electron chi connectivity index (χ0n) is 21.7. The Hall–Kier alpha value is -3.51. The second kappa shape index (κ2) is 8.50. The standard InChI is InChI=1S/C32H28BrNO4/c1-31(2,3)30(37)27-26(19-8-7-9-21(17-19)38-4)32(28(35)22-10-5-6-11-23(22)29(32)36)25-15-12-18-16-20(33)13-14-24(18)34(25)27/h5-17,25-27H,1-4H3/t25-,26+,27-/m0/s1. The van der Waals surface area contributed by atoms with E-state index in [4.69, 9.17) is 4.74 Å². The van der Waals surface area contributed by atoms with E-state index in [0.717, 1.165) is 21.3 Å². The molecule has 0 amide bonds. The highest BCUT2D eigenvalue weighted by Gasteiger charge is 2.71. The van der Waals surface area contributed by atoms with Gasteiger partial charge in [0.2, 0.25) is 0 Å². The van der Waals surface area contributed by atoms with Crippen LogP contribution in [0.25, 0.3) is 6.08 Å². The Morgan fingerprint density at radius 1 is 0.947 bits per heavy atom. The van der Waals surface area contributed by atoms with Crippen molar-refractivity contribution >= 4 is 45.0 Å². The number of anilines is 1. The van der Waals surface area contributed by atoms with E-state index in [-0.39, 0.29) is 17.3 Å². The Morgan fingerprint density at radius 3 is 2.26 bits per heavy atom. The molecule has 0 aromatic heterocycles. The first-order valence-corrected chi connectivity index (χ1v) is 13.5. The summed E-state index contributed by atoms with van der Waals surface area (Å²) in [5, 5.41) is 0. The second-order valence-corrected chi connectivity index (χ2v) is 12.2. The molecule has 0 unspecified atom stereocenters. The molecule has 6 heteroatoms. The SMILES string of the molecule is COc1cccc([C@@H]2[C@@H](C(=O)C(C)(C)C)N3c4ccc(Br)cc4C=C[C@H]3C23C(=O)c2ccccc2C3=O)c1. The van der Waals surface area contributed by atoms with Gasteiger partial charge in [-0.2, -0.15) is 0 Å². The van der Waals surface area contributed by atoms with Gasteiger partial charge >= 0.3 is 0 Å². The molecule has 5 nitrogen and oxygen atoms in total. The number of hydrogen-bond acceptors (Lipinski definition) is 5. The van der Waals surface area contributed by atoms with Crippen molar-refractivity contribution in [3.8, 4) is 5.75 Å². The van der Waals surface area contributed by atoms with Crippen LogP contribution in [-0.4, -0.2) is 36.5 Å². The van der Waals surface area contributed by atoms with Gasteiger partial charge in [-0.15, -0.1) is 0 Å². The molecule has 0 radical (unpaired) electrons. The van der Waals surface area contributed by atoms with Crippen LogP contribution in [0.2, 0.25) is 0 Å². The van der Waals surface area contributed by atoms with Crippen molar-refractivity contribution in [3.05, 3.63) is 99.5 Å². The van der Waals surface area contributed by atoms with Gasteiger partial charge in [0.15, 0.2) is 17.3 Å². The number of methoxy groups -OCH3 is 1. The number of hydrogen-bond donors (Lipinski definition) is 0. The number of rotatable bonds is 3. The number of benzene rings is 3. The predicted molar refractivity (Wildman–Crippen MR) is 151 cm³/mol. The van der Waals surface area contributed by atoms with E-state index in [1.54, 1.807) is 31.4 Å². The molecule has 1 aliphatic carbocycles. The van der Waals surface area contributed by atoms with Gasteiger partial charge in [0.1, 0.15) is 11.2 Å². The quantitative estimate of drug-likeness (QED) is 0.336. The van der Waals surface area contributed by atoms with Gasteiger partial charge < -0.3 is 9.64 Å². The summed E-state index contributed by atoms with van der Waals surface area (Å²) < 4.78 is 6.46. The molecule has 3 aliphatic rings. The fourth-order valence-corrected chi connectivity index (χ4v) is 6.98. The first kappa shape index (κ1) is 24.8. The maximum atomic E-state index is 14.6. The number of ketones is 3. The Morgan fingerprint density at radius 2 is 1.63 bits per heavy atom. The van der Waals surface area contributed by atoms with Gasteiger partial charge in [-0.05, 0) is 41.5 Å². The van der Waals surface area contributed by atoms with Gasteiger partial charge in [0, 0.05) is 32.6 Å². The fourth-order valence-electron chi connectivity index (χ4n) is 6.60. The third-order valence-electron chi connectivity index (χ3n) is 8.23. The zero-order chi connectivity index (χ0) is 27.0. The molecule has 3 aromatic rings. The maximum Gasteiger partial charge on any atom is 0.180 e. The number of carbonyl (C=O) groups excluding carboxylic acids is 3. The summed E-state index contributed by atoms with van der Waals surface area (Å²) in [6.45, 7) is 5.69. The summed E-state index contributed by atoms with van der Waals surface area (Å²) >= 11 is 3.56. The van der Waals surface area contributed by atoms with Crippen molar-refractivity contribution in [2.45, 2.75) is 38.8 Å². The average molecular weight is 570 g/mol. The maximum absolute atomic E-state index is 14.6. The van der Waals surface area contributed by atoms with Crippen LogP contribution in [0.4, 0.5) is 5.69 Å². The highest BCUT2D eigenvalue weighted by atomic mass is 79.9. The van der Waals surface area contributed by atoms with Crippen LogP contribution >= 0.6 is 15.9 Å². The summed E-state index contributed by atoms with van der Waals surface area (Å²) in [5.74, 6) is -0.584. The van der Waals surface area contributed by atoms with E-state index in [1.165, 1.54) is 0 Å². The van der Waals surface area contributed by atoms with Crippen molar-refractivity contribution in [1.29, 1.82) is 0 Å². The van der Waals surface area contributed by atoms with Gasteiger partial charge in [-0.1, -0.05) is 85.3 Å². The third kappa shape index (κ3) is 3.25. The van der Waals surface area contributed by atoms with Crippen molar-refractivity contribution in [3.63, 3.8) is 0 Å². The van der Waals surface area contributed by atoms with Crippen LogP contribution in [0.1, 0.15) is 58.5 Å². The molecular weight excluding hydrogens is 542 g/mol. The van der Waals surface area contributed by atoms with Gasteiger partial charge in [0.25, 0.3) is 0 Å². The molecule has 38 heavy (non-hydrogen) atoms. The van der Waals surface area contributed by atoms with Crippen LogP contribution in [0, 0.1) is 10.8 Å². The highest BCUT2D eigenvalue weighted by Crippen LogP contribution is 2.61. The minimum Gasteiger partial charge on any atom is -0.497 e. The molecule has 2 heterocycles. The Balaban J connectivity index is 1.70. The lowest BCUT2D eigenvalue weighted by molar-refractivity contribution is -0.127. The molecule has 1 saturated heterocycles. The molecule has 2 aliphatic heterocycles. The first-order valence-electron chi connectivity index (χ1n) is 12.7. The zero-order valence-corrected chi connectivity index (χ0v) is 23.3. The second-order valence-electron chi connectivity index (χ2n) is 11.3. The van der Waals surface area contributed by atoms with Crippen LogP contribution in [0.3, 0.4) is 0 Å². The number of Topliss-reactive ketones (excluding diaryl/α,β-unsaturated/α-hetero) is 3. The topological polar surface area (TPSA) is 63.7 Å². The molecule has 0 N–H and O–H groups in total. The van der Waals surface area contributed by atoms with Crippen LogP contribution < -0.4 is 9.64 Å². The van der Waals surface area contributed by atoms with Crippen molar-refractivity contribution < 1.29 is 19.1 Å². The van der Waals surface area contributed by atoms with E-state index in [0.29, 0.717) is 16.9 Å². The summed E-state index contributed by atoms with van der Waals surface area (Å²) in [6.07, 6.45) is 3.92. The first-order chi connectivity index (χ1) is 18.1. The number of fused-ring (bicyclic) bond motifs is 5. The van der Waals surface area contributed by atoms with E-state index >= 15 is 0 Å². The van der Waals surface area contributed by atoms with Gasteiger partial charge in [0.05, 0.1) is 19.2 Å². The molecule has 0 saturated carbocycles. The molecule has 192 valence electrons. The number of halogens is 1. The smallest absolute Gasteiger partial charge is 0.180 e. The number of nitrogens with zero attached hydrogens (tertiary/aromatic N) is 1. The number of carbonyl (C=O) groups is 3. The normalized spacial score (nSPS) is 22.9. The molecule has 1 spiro atoms. The largest absolute Gasteiger partial charge is 0.497 e. The monoisotopic (exact) mass is 569 g/mol. The predicted octanol–water partition coefficient (Wildman–Crippen LogP) is 6.51. The third-order valence-corrected chi connectivity index (χ3v) is 8.72. The van der Waals surface area contributed by atoms with Crippen molar-refractivity contribution in [1.82, 2.24) is 0 Å². The summed E-state index contributed by atoms with van der Waals surface area (Å²) in [6, 6.07) is 19.0. The van der Waals surface area contributed by atoms with Crippen molar-refractivity contribution in [2.24, 2.45) is 10.8 Å². The number of ether oxygens (including phenoxy) is 1. The Labute approximate surface area is 230 Å². The van der Waals surface area contributed by atoms with E-state index < -0.39 is 28.8 Å². The molecule has 1 fully saturated rings. The summed E-state index contributed by atoms with van der Waals surface area (Å²) in [4.78, 5) is 45.6. The van der Waals surface area contributed by atoms with Crippen LogP contribution in [0.15, 0.2) is 77.3 Å². The highest BCUT2D eigenvalue weighted by molar-refractivity contribution is 9.10. The van der Waals surface area contributed by atoms with Gasteiger partial charge in [-0.3, -0.25) is 14.4 Å². The average Bonchev–Trinajstić information content (AvgIpc) is 3.33. The lowest BCUT2D eigenvalue weighted by Gasteiger charge is -2.38. The Kier molecular flexibility index (Phi) is 5.55. The van der Waals surface area contributed by atoms with E-state index in [9.17, 15) is 14.4 Å². The lowest BCUT2D eigenvalue weighted by atomic mass is 9.63. The molecular formula is C32H28BrNO4. The minimum absolute atomic E-state index is 0.0204. The molecule has 6 rings (SSSR count). The Bertz CT molecular complexity index is 1510. The fraction of sp³-hybridized carbons (Fsp3) is 0.281. The summed E-state index contributed by atoms with van der Waals surface area (Å²) in [7, 11) is 1.59. The van der Waals surface area contributed by atoms with Crippen LogP contribution in [0.5, 0.6) is 5.75 Å². The molecule has 3 atom stereocenters. The molecule has 3 aromatic carbocycles. The van der Waals surface area contributed by atoms with E-state index in [1.807, 2.05) is 80.3 Å². The van der Waals surface area contributed by atoms with E-state index in [2.05, 4.69) is 15.9 Å². The minimum atomic E-state index is -1.50. The van der Waals surface area contributed by atoms with Crippen molar-refractivity contribution in [2.75, 3.05) is 12.0 Å². The lowest BCUT2D eigenvalue weighted by Crippen LogP contribution is -2.49.